The lowest BCUT2D eigenvalue weighted by atomic mass is 10.4. The van der Waals surface area contributed by atoms with Gasteiger partial charge in [-0.2, -0.15) is 0 Å². The van der Waals surface area contributed by atoms with Gasteiger partial charge in [0.05, 0.1) is 6.20 Å². The molecule has 0 aliphatic carbocycles. The van der Waals surface area contributed by atoms with Crippen molar-refractivity contribution in [3.8, 4) is 0 Å². The molecule has 0 atom stereocenters. The van der Waals surface area contributed by atoms with Crippen molar-refractivity contribution in [2.45, 2.75) is 0 Å². The van der Waals surface area contributed by atoms with Crippen molar-refractivity contribution in [1.29, 1.82) is 0 Å². The van der Waals surface area contributed by atoms with Crippen molar-refractivity contribution in [3.05, 3.63) is 24.2 Å². The highest BCUT2D eigenvalue weighted by atomic mass is 16.5. The van der Waals surface area contributed by atoms with Crippen molar-refractivity contribution in [3.63, 3.8) is 0 Å². The van der Waals surface area contributed by atoms with Gasteiger partial charge in [-0.05, 0) is 12.3 Å². The fraction of sp³-hybridized carbons (Fsp3) is 0. The molecule has 3 heteroatoms. The number of hydrogen-bond donors (Lipinski definition) is 1. The van der Waals surface area contributed by atoms with E-state index in [1.807, 2.05) is 0 Å². The molecule has 0 saturated heterocycles. The minimum atomic E-state index is 0.674. The van der Waals surface area contributed by atoms with E-state index in [4.69, 9.17) is 5.73 Å². The van der Waals surface area contributed by atoms with Gasteiger partial charge in [0.25, 0.3) is 0 Å². The average molecular weight is 110 g/mol. The summed E-state index contributed by atoms with van der Waals surface area (Å²) >= 11 is 0. The van der Waals surface area contributed by atoms with Crippen LogP contribution in [0.15, 0.2) is 23.0 Å². The van der Waals surface area contributed by atoms with Crippen LogP contribution in [0.25, 0.3) is 6.08 Å². The topological polar surface area (TPSA) is 52.0 Å². The van der Waals surface area contributed by atoms with E-state index in [1.54, 1.807) is 18.3 Å². The molecule has 3 nitrogen and oxygen atoms in total. The highest BCUT2D eigenvalue weighted by Gasteiger charge is 1.84. The first-order chi connectivity index (χ1) is 3.93. The highest BCUT2D eigenvalue weighted by molar-refractivity contribution is 5.39. The number of nitrogens with zero attached hydrogens (tertiary/aromatic N) is 1. The van der Waals surface area contributed by atoms with Crippen molar-refractivity contribution < 1.29 is 4.52 Å². The van der Waals surface area contributed by atoms with Crippen LogP contribution in [0.5, 0.6) is 0 Å². The zero-order chi connectivity index (χ0) is 5.82. The fourth-order valence-electron chi connectivity index (χ4n) is 0.406. The van der Waals surface area contributed by atoms with Gasteiger partial charge < -0.3 is 10.3 Å². The Hall–Kier alpha value is -1.25. The van der Waals surface area contributed by atoms with Crippen LogP contribution < -0.4 is 5.73 Å². The van der Waals surface area contributed by atoms with E-state index in [-0.39, 0.29) is 0 Å². The second-order valence-electron chi connectivity index (χ2n) is 1.27. The SMILES string of the molecule is N/C=C\c1ccno1. The summed E-state index contributed by atoms with van der Waals surface area (Å²) < 4.78 is 4.66. The summed E-state index contributed by atoms with van der Waals surface area (Å²) in [6.45, 7) is 0. The molecule has 42 valence electrons. The smallest absolute Gasteiger partial charge is 0.161 e. The molecule has 0 radical (unpaired) electrons. The Labute approximate surface area is 46.8 Å². The molecule has 0 bridgehead atoms. The lowest BCUT2D eigenvalue weighted by molar-refractivity contribution is 0.412. The predicted molar refractivity (Wildman–Crippen MR) is 29.7 cm³/mol. The van der Waals surface area contributed by atoms with Crippen LogP contribution in [0, 0.1) is 0 Å². The van der Waals surface area contributed by atoms with E-state index in [0.717, 1.165) is 0 Å². The van der Waals surface area contributed by atoms with Gasteiger partial charge >= 0.3 is 0 Å². The molecule has 0 unspecified atom stereocenters. The third-order valence-electron chi connectivity index (χ3n) is 0.718. The Bertz CT molecular complexity index is 167. The van der Waals surface area contributed by atoms with Crippen molar-refractivity contribution in [2.75, 3.05) is 0 Å². The number of nitrogens with two attached hydrogens (primary N) is 1. The first-order valence-electron chi connectivity index (χ1n) is 2.22. The van der Waals surface area contributed by atoms with Gasteiger partial charge in [-0.25, -0.2) is 0 Å². The molecule has 1 aromatic rings. The summed E-state index contributed by atoms with van der Waals surface area (Å²) in [6.07, 6.45) is 4.60. The number of rotatable bonds is 1. The van der Waals surface area contributed by atoms with Crippen LogP contribution in [0.2, 0.25) is 0 Å². The van der Waals surface area contributed by atoms with Crippen LogP contribution in [0.4, 0.5) is 0 Å². The predicted octanol–water partition coefficient (Wildman–Crippen LogP) is 0.604. The monoisotopic (exact) mass is 110 g/mol. The zero-order valence-electron chi connectivity index (χ0n) is 4.24. The minimum Gasteiger partial charge on any atom is -0.404 e. The molecule has 0 spiro atoms. The molecular weight excluding hydrogens is 104 g/mol. The summed E-state index contributed by atoms with van der Waals surface area (Å²) in [6, 6.07) is 1.73. The van der Waals surface area contributed by atoms with E-state index in [2.05, 4.69) is 9.68 Å². The molecule has 8 heavy (non-hydrogen) atoms. The van der Waals surface area contributed by atoms with E-state index in [0.29, 0.717) is 5.76 Å². The van der Waals surface area contributed by atoms with E-state index in [1.165, 1.54) is 6.20 Å². The Morgan fingerprint density at radius 1 is 1.75 bits per heavy atom. The van der Waals surface area contributed by atoms with Crippen LogP contribution in [-0.4, -0.2) is 5.16 Å². The molecule has 0 saturated carbocycles. The Morgan fingerprint density at radius 3 is 3.12 bits per heavy atom. The quantitative estimate of drug-likeness (QED) is 0.576. The average Bonchev–Trinajstić information content (AvgIpc) is 2.19. The molecular formula is C5H6N2O. The van der Waals surface area contributed by atoms with Crippen LogP contribution in [0.3, 0.4) is 0 Å². The van der Waals surface area contributed by atoms with Crippen LogP contribution in [-0.2, 0) is 0 Å². The maximum Gasteiger partial charge on any atom is 0.161 e. The third kappa shape index (κ3) is 0.872. The standard InChI is InChI=1S/C5H6N2O/c6-3-1-5-2-4-7-8-5/h1-4H,6H2/b3-1-. The maximum absolute atomic E-state index is 5.05. The van der Waals surface area contributed by atoms with E-state index >= 15 is 0 Å². The second kappa shape index (κ2) is 2.16. The summed E-state index contributed by atoms with van der Waals surface area (Å²) in [5.41, 5.74) is 5.05. The van der Waals surface area contributed by atoms with Gasteiger partial charge in [-0.3, -0.25) is 0 Å². The lowest BCUT2D eigenvalue weighted by Gasteiger charge is -1.73. The van der Waals surface area contributed by atoms with Crippen molar-refractivity contribution in [1.82, 2.24) is 5.16 Å². The van der Waals surface area contributed by atoms with E-state index < -0.39 is 0 Å². The second-order valence-corrected chi connectivity index (χ2v) is 1.27. The van der Waals surface area contributed by atoms with Gasteiger partial charge in [-0.1, -0.05) is 5.16 Å². The largest absolute Gasteiger partial charge is 0.404 e. The maximum atomic E-state index is 5.05. The minimum absolute atomic E-state index is 0.674. The fourth-order valence-corrected chi connectivity index (χ4v) is 0.406. The number of aromatic nitrogens is 1. The third-order valence-corrected chi connectivity index (χ3v) is 0.718. The molecule has 1 heterocycles. The van der Waals surface area contributed by atoms with Gasteiger partial charge in [0, 0.05) is 6.07 Å². The zero-order valence-corrected chi connectivity index (χ0v) is 4.24. The molecule has 0 fully saturated rings. The Balaban J connectivity index is 2.77. The Morgan fingerprint density at radius 2 is 2.62 bits per heavy atom. The van der Waals surface area contributed by atoms with Crippen LogP contribution in [0.1, 0.15) is 5.76 Å². The highest BCUT2D eigenvalue weighted by Crippen LogP contribution is 1.96. The number of hydrogen-bond acceptors (Lipinski definition) is 3. The molecule has 1 aromatic heterocycles. The van der Waals surface area contributed by atoms with Crippen molar-refractivity contribution in [2.24, 2.45) is 5.73 Å². The van der Waals surface area contributed by atoms with Crippen LogP contribution >= 0.6 is 0 Å². The molecule has 0 aliphatic rings. The molecule has 0 aromatic carbocycles. The van der Waals surface area contributed by atoms with E-state index in [9.17, 15) is 0 Å². The lowest BCUT2D eigenvalue weighted by Crippen LogP contribution is -1.73. The normalized spacial score (nSPS) is 10.5. The molecule has 0 aliphatic heterocycles. The van der Waals surface area contributed by atoms with Crippen molar-refractivity contribution >= 4 is 6.08 Å². The molecule has 1 rings (SSSR count). The molecule has 2 N–H and O–H groups in total. The summed E-state index contributed by atoms with van der Waals surface area (Å²) in [5.74, 6) is 0.674. The Kier molecular flexibility index (Phi) is 1.32. The van der Waals surface area contributed by atoms with Gasteiger partial charge in [-0.15, -0.1) is 0 Å². The summed E-state index contributed by atoms with van der Waals surface area (Å²) in [4.78, 5) is 0. The first kappa shape index (κ1) is 4.90. The summed E-state index contributed by atoms with van der Waals surface area (Å²) in [7, 11) is 0. The van der Waals surface area contributed by atoms with Gasteiger partial charge in [0.15, 0.2) is 5.76 Å². The van der Waals surface area contributed by atoms with Gasteiger partial charge in [0.1, 0.15) is 0 Å². The molecule has 0 amide bonds. The van der Waals surface area contributed by atoms with Gasteiger partial charge in [0.2, 0.25) is 0 Å². The first-order valence-corrected chi connectivity index (χ1v) is 2.22. The summed E-state index contributed by atoms with van der Waals surface area (Å²) in [5, 5.41) is 3.46.